The molecule has 1 aromatic carbocycles. The van der Waals surface area contributed by atoms with Crippen LogP contribution in [0.5, 0.6) is 0 Å². The van der Waals surface area contributed by atoms with Gasteiger partial charge in [-0.25, -0.2) is 8.42 Å². The van der Waals surface area contributed by atoms with Crippen molar-refractivity contribution in [2.75, 3.05) is 18.1 Å². The quantitative estimate of drug-likeness (QED) is 0.936. The van der Waals surface area contributed by atoms with Crippen LogP contribution in [-0.4, -0.2) is 25.8 Å². The first kappa shape index (κ1) is 15.3. The monoisotopic (exact) mass is 306 g/mol. The molecule has 1 heterocycles. The molecule has 6 heteroatoms. The van der Waals surface area contributed by atoms with Gasteiger partial charge in [-0.15, -0.1) is 0 Å². The van der Waals surface area contributed by atoms with Crippen LogP contribution >= 0.6 is 0 Å². The van der Waals surface area contributed by atoms with Gasteiger partial charge in [-0.2, -0.15) is 0 Å². The fraction of sp³-hybridized carbons (Fsp3) is 0.267. The molecule has 0 aliphatic carbocycles. The van der Waals surface area contributed by atoms with Crippen LogP contribution in [0.4, 0.5) is 5.69 Å². The summed E-state index contributed by atoms with van der Waals surface area (Å²) >= 11 is 0. The van der Waals surface area contributed by atoms with E-state index in [9.17, 15) is 13.2 Å². The van der Waals surface area contributed by atoms with Crippen molar-refractivity contribution in [3.63, 3.8) is 0 Å². The topological polar surface area (TPSA) is 68.2 Å². The number of benzene rings is 1. The van der Waals surface area contributed by atoms with E-state index in [1.807, 2.05) is 18.2 Å². The Morgan fingerprint density at radius 2 is 1.81 bits per heavy atom. The lowest BCUT2D eigenvalue weighted by Crippen LogP contribution is -2.23. The summed E-state index contributed by atoms with van der Waals surface area (Å²) in [5, 5.41) is 2.84. The molecule has 0 fully saturated rings. The van der Waals surface area contributed by atoms with Crippen molar-refractivity contribution in [1.29, 1.82) is 0 Å². The molecule has 112 valence electrons. The minimum atomic E-state index is -3.45. The van der Waals surface area contributed by atoms with Crippen molar-refractivity contribution in [2.24, 2.45) is 7.05 Å². The summed E-state index contributed by atoms with van der Waals surface area (Å²) in [4.78, 5) is 12.4. The Kier molecular flexibility index (Phi) is 4.18. The Labute approximate surface area is 124 Å². The van der Waals surface area contributed by atoms with E-state index >= 15 is 0 Å². The number of aryl methyl sites for hydroxylation is 1. The van der Waals surface area contributed by atoms with Gasteiger partial charge in [-0.1, -0.05) is 37.3 Å². The number of pyridine rings is 1. The Morgan fingerprint density at radius 1 is 1.19 bits per heavy atom. The van der Waals surface area contributed by atoms with Crippen LogP contribution < -0.4 is 10.9 Å². The minimum absolute atomic E-state index is 0.0197. The molecule has 0 unspecified atom stereocenters. The highest BCUT2D eigenvalue weighted by molar-refractivity contribution is 7.91. The molecular weight excluding hydrogens is 288 g/mol. The van der Waals surface area contributed by atoms with Gasteiger partial charge in [0.25, 0.3) is 5.56 Å². The second-order valence-electron chi connectivity index (χ2n) is 4.68. The van der Waals surface area contributed by atoms with Crippen molar-refractivity contribution >= 4 is 15.5 Å². The average Bonchev–Trinajstić information content (AvgIpc) is 2.50. The smallest absolute Gasteiger partial charge is 0.274 e. The summed E-state index contributed by atoms with van der Waals surface area (Å²) in [6.07, 6.45) is 1.39. The summed E-state index contributed by atoms with van der Waals surface area (Å²) in [5.74, 6) is -0.0197. The molecule has 2 aromatic rings. The van der Waals surface area contributed by atoms with Crippen LogP contribution in [0, 0.1) is 0 Å². The van der Waals surface area contributed by atoms with Crippen molar-refractivity contribution in [2.45, 2.75) is 11.8 Å². The number of rotatable bonds is 4. The van der Waals surface area contributed by atoms with Crippen LogP contribution in [0.1, 0.15) is 6.92 Å². The molecule has 0 aliphatic rings. The van der Waals surface area contributed by atoms with E-state index in [1.165, 1.54) is 10.8 Å². The zero-order valence-corrected chi connectivity index (χ0v) is 13.1. The van der Waals surface area contributed by atoms with Crippen molar-refractivity contribution in [3.8, 4) is 11.1 Å². The normalized spacial score (nSPS) is 11.4. The maximum absolute atomic E-state index is 12.4. The molecule has 0 aliphatic heterocycles. The fourth-order valence-corrected chi connectivity index (χ4v) is 3.38. The van der Waals surface area contributed by atoms with E-state index in [-0.39, 0.29) is 16.2 Å². The first-order chi connectivity index (χ1) is 9.92. The summed E-state index contributed by atoms with van der Waals surface area (Å²) in [7, 11) is -0.284. The van der Waals surface area contributed by atoms with Crippen molar-refractivity contribution in [1.82, 2.24) is 4.57 Å². The van der Waals surface area contributed by atoms with Gasteiger partial charge in [-0.05, 0) is 5.56 Å². The van der Waals surface area contributed by atoms with Gasteiger partial charge in [0.2, 0.25) is 0 Å². The van der Waals surface area contributed by atoms with Crippen LogP contribution in [0.15, 0.2) is 46.2 Å². The van der Waals surface area contributed by atoms with E-state index in [4.69, 9.17) is 0 Å². The number of nitrogens with one attached hydrogen (secondary N) is 1. The molecule has 2 rings (SSSR count). The largest absolute Gasteiger partial charge is 0.383 e. The minimum Gasteiger partial charge on any atom is -0.383 e. The molecule has 1 aromatic heterocycles. The number of hydrogen-bond donors (Lipinski definition) is 1. The predicted octanol–water partition coefficient (Wildman–Crippen LogP) is 1.89. The summed E-state index contributed by atoms with van der Waals surface area (Å²) in [6, 6.07) is 9.06. The third kappa shape index (κ3) is 2.71. The molecule has 21 heavy (non-hydrogen) atoms. The average molecular weight is 306 g/mol. The molecule has 0 saturated carbocycles. The summed E-state index contributed by atoms with van der Waals surface area (Å²) < 4.78 is 26.1. The van der Waals surface area contributed by atoms with E-state index in [0.717, 1.165) is 0 Å². The highest BCUT2D eigenvalue weighted by atomic mass is 32.2. The van der Waals surface area contributed by atoms with Gasteiger partial charge in [-0.3, -0.25) is 4.79 Å². The van der Waals surface area contributed by atoms with E-state index < -0.39 is 9.84 Å². The molecule has 1 N–H and O–H groups in total. The number of anilines is 1. The molecule has 5 nitrogen and oxygen atoms in total. The van der Waals surface area contributed by atoms with Crippen LogP contribution in [0.3, 0.4) is 0 Å². The van der Waals surface area contributed by atoms with Crippen LogP contribution in [0.2, 0.25) is 0 Å². The van der Waals surface area contributed by atoms with Gasteiger partial charge >= 0.3 is 0 Å². The van der Waals surface area contributed by atoms with E-state index in [1.54, 1.807) is 33.2 Å². The Morgan fingerprint density at radius 3 is 2.33 bits per heavy atom. The van der Waals surface area contributed by atoms with Crippen molar-refractivity contribution in [3.05, 3.63) is 46.9 Å². The highest BCUT2D eigenvalue weighted by Gasteiger charge is 2.23. The van der Waals surface area contributed by atoms with Gasteiger partial charge < -0.3 is 9.88 Å². The van der Waals surface area contributed by atoms with E-state index in [2.05, 4.69) is 5.32 Å². The number of aromatic nitrogens is 1. The molecule has 0 bridgehead atoms. The zero-order chi connectivity index (χ0) is 15.6. The molecule has 0 amide bonds. The Bertz CT molecular complexity index is 809. The molecule has 0 spiro atoms. The van der Waals surface area contributed by atoms with Crippen molar-refractivity contribution < 1.29 is 8.42 Å². The maximum Gasteiger partial charge on any atom is 0.274 e. The van der Waals surface area contributed by atoms with Gasteiger partial charge in [0.15, 0.2) is 9.84 Å². The molecule has 0 radical (unpaired) electrons. The zero-order valence-electron chi connectivity index (χ0n) is 12.3. The molecular formula is C15H18N2O3S. The highest BCUT2D eigenvalue weighted by Crippen LogP contribution is 2.32. The van der Waals surface area contributed by atoms with Crippen LogP contribution in [0.25, 0.3) is 11.1 Å². The second-order valence-corrected chi connectivity index (χ2v) is 6.93. The third-order valence-electron chi connectivity index (χ3n) is 3.37. The number of hydrogen-bond acceptors (Lipinski definition) is 4. The summed E-state index contributed by atoms with van der Waals surface area (Å²) in [6.45, 7) is 1.59. The number of nitrogens with zero attached hydrogens (tertiary/aromatic N) is 1. The lowest BCUT2D eigenvalue weighted by Gasteiger charge is -2.16. The fourth-order valence-electron chi connectivity index (χ4n) is 2.22. The maximum atomic E-state index is 12.4. The second kappa shape index (κ2) is 5.73. The lowest BCUT2D eigenvalue weighted by molar-refractivity contribution is 0.596. The molecule has 0 saturated heterocycles. The van der Waals surface area contributed by atoms with E-state index in [0.29, 0.717) is 16.8 Å². The SMILES string of the molecule is CCS(=O)(=O)c1cn(C)c(=O)c(NC)c1-c1ccccc1. The molecule has 0 atom stereocenters. The van der Waals surface area contributed by atoms with Gasteiger partial charge in [0.05, 0.1) is 10.6 Å². The first-order valence-corrected chi connectivity index (χ1v) is 8.27. The number of sulfone groups is 1. The lowest BCUT2D eigenvalue weighted by atomic mass is 10.1. The standard InChI is InChI=1S/C15H18N2O3S/c1-4-21(19,20)12-10-17(3)15(18)14(16-2)13(12)11-8-6-5-7-9-11/h5-10,16H,4H2,1-3H3. The van der Waals surface area contributed by atoms with Gasteiger partial charge in [0.1, 0.15) is 5.69 Å². The van der Waals surface area contributed by atoms with Gasteiger partial charge in [0, 0.05) is 25.9 Å². The Balaban J connectivity index is 2.95. The summed E-state index contributed by atoms with van der Waals surface area (Å²) in [5.41, 5.74) is 1.17. The Hall–Kier alpha value is -2.08. The first-order valence-electron chi connectivity index (χ1n) is 6.62. The predicted molar refractivity (Wildman–Crippen MR) is 84.4 cm³/mol. The van der Waals surface area contributed by atoms with Crippen LogP contribution in [-0.2, 0) is 16.9 Å². The third-order valence-corrected chi connectivity index (χ3v) is 5.11.